The zero-order valence-electron chi connectivity index (χ0n) is 16.6. The quantitative estimate of drug-likeness (QED) is 0.631. The minimum Gasteiger partial charge on any atom is -0.494 e. The van der Waals surface area contributed by atoms with Gasteiger partial charge >= 0.3 is 0 Å². The van der Waals surface area contributed by atoms with Gasteiger partial charge in [0.15, 0.2) is 0 Å². The van der Waals surface area contributed by atoms with Crippen LogP contribution in [0.15, 0.2) is 51.8 Å². The summed E-state index contributed by atoms with van der Waals surface area (Å²) >= 11 is 3.29. The highest BCUT2D eigenvalue weighted by Gasteiger charge is 2.32. The van der Waals surface area contributed by atoms with E-state index in [0.29, 0.717) is 30.8 Å². The van der Waals surface area contributed by atoms with Crippen LogP contribution in [0.3, 0.4) is 0 Å². The molecular weight excluding hydrogens is 475 g/mol. The third-order valence-corrected chi connectivity index (χ3v) is 7.46. The van der Waals surface area contributed by atoms with Gasteiger partial charge in [0.25, 0.3) is 0 Å². The molecule has 0 spiro atoms. The van der Waals surface area contributed by atoms with Crippen molar-refractivity contribution < 1.29 is 22.3 Å². The molecule has 162 valence electrons. The van der Waals surface area contributed by atoms with Gasteiger partial charge in [0.1, 0.15) is 11.6 Å². The molecule has 30 heavy (non-hydrogen) atoms. The van der Waals surface area contributed by atoms with E-state index in [2.05, 4.69) is 21.2 Å². The number of carbonyl (C=O) groups is 1. The first-order chi connectivity index (χ1) is 14.3. The van der Waals surface area contributed by atoms with E-state index in [9.17, 15) is 17.6 Å². The molecule has 1 N–H and O–H groups in total. The van der Waals surface area contributed by atoms with Gasteiger partial charge in [-0.05, 0) is 62.2 Å². The number of amides is 1. The van der Waals surface area contributed by atoms with Gasteiger partial charge in [-0.2, -0.15) is 4.31 Å². The maximum atomic E-state index is 13.8. The van der Waals surface area contributed by atoms with Gasteiger partial charge in [-0.3, -0.25) is 4.79 Å². The van der Waals surface area contributed by atoms with Crippen molar-refractivity contribution >= 4 is 31.9 Å². The van der Waals surface area contributed by atoms with Gasteiger partial charge in [0.05, 0.1) is 11.5 Å². The van der Waals surface area contributed by atoms with E-state index in [1.54, 1.807) is 24.3 Å². The molecule has 0 unspecified atom stereocenters. The number of nitrogens with zero attached hydrogens (tertiary/aromatic N) is 1. The summed E-state index contributed by atoms with van der Waals surface area (Å²) < 4.78 is 47.0. The second-order valence-corrected chi connectivity index (χ2v) is 9.89. The molecule has 1 aliphatic heterocycles. The molecule has 1 aliphatic rings. The minimum atomic E-state index is -3.62. The Kier molecular flexibility index (Phi) is 7.49. The predicted octanol–water partition coefficient (Wildman–Crippen LogP) is 3.70. The van der Waals surface area contributed by atoms with Gasteiger partial charge in [-0.15, -0.1) is 0 Å². The molecule has 1 saturated heterocycles. The van der Waals surface area contributed by atoms with Crippen molar-refractivity contribution in [2.24, 2.45) is 5.92 Å². The summed E-state index contributed by atoms with van der Waals surface area (Å²) in [7, 11) is -3.62. The van der Waals surface area contributed by atoms with E-state index in [1.807, 2.05) is 6.92 Å². The highest BCUT2D eigenvalue weighted by atomic mass is 79.9. The molecule has 1 amide bonds. The lowest BCUT2D eigenvalue weighted by molar-refractivity contribution is -0.126. The number of carbonyl (C=O) groups excluding carboxylic acids is 1. The molecule has 0 aliphatic carbocycles. The van der Waals surface area contributed by atoms with Crippen molar-refractivity contribution in [3.05, 3.63) is 58.3 Å². The van der Waals surface area contributed by atoms with Crippen LogP contribution in [0.4, 0.5) is 4.39 Å². The van der Waals surface area contributed by atoms with Crippen LogP contribution in [-0.4, -0.2) is 38.3 Å². The lowest BCUT2D eigenvalue weighted by atomic mass is 9.97. The van der Waals surface area contributed by atoms with E-state index in [1.165, 1.54) is 22.5 Å². The zero-order chi connectivity index (χ0) is 21.7. The fraction of sp³-hybridized carbons (Fsp3) is 0.381. The van der Waals surface area contributed by atoms with Crippen LogP contribution in [0.1, 0.15) is 25.3 Å². The number of benzene rings is 2. The summed E-state index contributed by atoms with van der Waals surface area (Å²) in [5, 5.41) is 2.76. The molecule has 9 heteroatoms. The topological polar surface area (TPSA) is 75.7 Å². The van der Waals surface area contributed by atoms with Gasteiger partial charge in [-0.25, -0.2) is 12.8 Å². The highest BCUT2D eigenvalue weighted by Crippen LogP contribution is 2.25. The van der Waals surface area contributed by atoms with Gasteiger partial charge in [0.2, 0.25) is 15.9 Å². The minimum absolute atomic E-state index is 0.0921. The normalized spacial score (nSPS) is 15.7. The number of hydrogen-bond donors (Lipinski definition) is 1. The van der Waals surface area contributed by atoms with Crippen molar-refractivity contribution in [1.29, 1.82) is 0 Å². The Balaban J connectivity index is 1.55. The van der Waals surface area contributed by atoms with E-state index < -0.39 is 10.0 Å². The summed E-state index contributed by atoms with van der Waals surface area (Å²) in [5.74, 6) is -0.247. The Labute approximate surface area is 184 Å². The third kappa shape index (κ3) is 5.39. The second-order valence-electron chi connectivity index (χ2n) is 7.04. The second kappa shape index (κ2) is 9.89. The first kappa shape index (κ1) is 22.7. The van der Waals surface area contributed by atoms with Crippen LogP contribution < -0.4 is 10.1 Å². The van der Waals surface area contributed by atoms with Gasteiger partial charge in [-0.1, -0.05) is 15.9 Å². The molecule has 0 saturated carbocycles. The Morgan fingerprint density at radius 2 is 1.87 bits per heavy atom. The summed E-state index contributed by atoms with van der Waals surface area (Å²) in [4.78, 5) is 12.7. The van der Waals surface area contributed by atoms with Crippen molar-refractivity contribution in [3.63, 3.8) is 0 Å². The number of nitrogens with one attached hydrogen (secondary N) is 1. The summed E-state index contributed by atoms with van der Waals surface area (Å²) in [6, 6.07) is 10.9. The van der Waals surface area contributed by atoms with E-state index in [4.69, 9.17) is 4.74 Å². The summed E-state index contributed by atoms with van der Waals surface area (Å²) in [6.45, 7) is 2.99. The third-order valence-electron chi connectivity index (χ3n) is 5.06. The lowest BCUT2D eigenvalue weighted by Gasteiger charge is -2.30. The van der Waals surface area contributed by atoms with Crippen LogP contribution >= 0.6 is 15.9 Å². The fourth-order valence-electron chi connectivity index (χ4n) is 3.39. The Hall–Kier alpha value is -1.97. The molecule has 1 fully saturated rings. The molecule has 0 bridgehead atoms. The molecule has 0 atom stereocenters. The zero-order valence-corrected chi connectivity index (χ0v) is 19.0. The van der Waals surface area contributed by atoms with Crippen LogP contribution in [0.5, 0.6) is 5.75 Å². The first-order valence-electron chi connectivity index (χ1n) is 9.76. The van der Waals surface area contributed by atoms with E-state index in [0.717, 1.165) is 4.47 Å². The molecule has 0 radical (unpaired) electrons. The standard InChI is InChI=1S/C21H24BrFN2O4S/c1-2-29-18-4-6-19(7-5-18)30(27,28)25-11-9-15(10-12-25)21(26)24-14-16-13-17(22)3-8-20(16)23/h3-8,13,15H,2,9-12,14H2,1H3,(H,24,26). The maximum absolute atomic E-state index is 13.8. The Morgan fingerprint density at radius 3 is 2.50 bits per heavy atom. The number of halogens is 2. The van der Waals surface area contributed by atoms with Crippen molar-refractivity contribution in [2.75, 3.05) is 19.7 Å². The highest BCUT2D eigenvalue weighted by molar-refractivity contribution is 9.10. The number of hydrogen-bond acceptors (Lipinski definition) is 4. The van der Waals surface area contributed by atoms with Crippen LogP contribution in [-0.2, 0) is 21.4 Å². The average Bonchev–Trinajstić information content (AvgIpc) is 2.75. The summed E-state index contributed by atoms with van der Waals surface area (Å²) in [5.41, 5.74) is 0.397. The summed E-state index contributed by atoms with van der Waals surface area (Å²) in [6.07, 6.45) is 0.839. The molecule has 2 aromatic rings. The Bertz CT molecular complexity index is 991. The Morgan fingerprint density at radius 1 is 1.20 bits per heavy atom. The smallest absolute Gasteiger partial charge is 0.243 e. The largest absolute Gasteiger partial charge is 0.494 e. The maximum Gasteiger partial charge on any atom is 0.243 e. The SMILES string of the molecule is CCOc1ccc(S(=O)(=O)N2CCC(C(=O)NCc3cc(Br)ccc3F)CC2)cc1. The lowest BCUT2D eigenvalue weighted by Crippen LogP contribution is -2.42. The van der Waals surface area contributed by atoms with Gasteiger partial charge in [0, 0.05) is 35.6 Å². The van der Waals surface area contributed by atoms with Gasteiger partial charge < -0.3 is 10.1 Å². The number of sulfonamides is 1. The monoisotopic (exact) mass is 498 g/mol. The number of rotatable bonds is 7. The van der Waals surface area contributed by atoms with Crippen molar-refractivity contribution in [1.82, 2.24) is 9.62 Å². The molecular formula is C21H24BrFN2O4S. The van der Waals surface area contributed by atoms with Crippen molar-refractivity contribution in [2.45, 2.75) is 31.2 Å². The van der Waals surface area contributed by atoms with Crippen molar-refractivity contribution in [3.8, 4) is 5.75 Å². The molecule has 2 aromatic carbocycles. The van der Waals surface area contributed by atoms with Crippen LogP contribution in [0.2, 0.25) is 0 Å². The van der Waals surface area contributed by atoms with Crippen LogP contribution in [0.25, 0.3) is 0 Å². The van der Waals surface area contributed by atoms with E-state index >= 15 is 0 Å². The van der Waals surface area contributed by atoms with Crippen LogP contribution in [0, 0.1) is 11.7 Å². The molecule has 1 heterocycles. The average molecular weight is 499 g/mol. The molecule has 6 nitrogen and oxygen atoms in total. The molecule has 3 rings (SSSR count). The fourth-order valence-corrected chi connectivity index (χ4v) is 5.27. The van der Waals surface area contributed by atoms with E-state index in [-0.39, 0.29) is 42.2 Å². The number of ether oxygens (including phenoxy) is 1. The first-order valence-corrected chi connectivity index (χ1v) is 12.0. The molecule has 0 aromatic heterocycles. The predicted molar refractivity (Wildman–Crippen MR) is 115 cm³/mol. The number of piperidine rings is 1.